The van der Waals surface area contributed by atoms with Crippen LogP contribution in [0.15, 0.2) is 91.0 Å². The lowest BCUT2D eigenvalue weighted by Gasteiger charge is -2.34. The van der Waals surface area contributed by atoms with Gasteiger partial charge in [-0.1, -0.05) is 91.0 Å². The average molecular weight is 304 g/mol. The molecule has 0 fully saturated rings. The van der Waals surface area contributed by atoms with Gasteiger partial charge in [0.15, 0.2) is 0 Å². The first kappa shape index (κ1) is 15.5. The molecule has 0 saturated heterocycles. The van der Waals surface area contributed by atoms with Crippen LogP contribution in [0.4, 0.5) is 0 Å². The molecule has 0 aromatic heterocycles. The average Bonchev–Trinajstić information content (AvgIpc) is 2.63. The van der Waals surface area contributed by atoms with E-state index in [4.69, 9.17) is 0 Å². The number of benzene rings is 3. The van der Waals surface area contributed by atoms with Crippen LogP contribution in [0.1, 0.15) is 16.7 Å². The molecule has 0 bridgehead atoms. The van der Waals surface area contributed by atoms with E-state index in [0.29, 0.717) is 17.5 Å². The Hall–Kier alpha value is -2.42. The van der Waals surface area contributed by atoms with Gasteiger partial charge >= 0.3 is 0 Å². The zero-order valence-corrected chi connectivity index (χ0v) is 12.8. The van der Waals surface area contributed by atoms with E-state index in [2.05, 4.69) is 0 Å². The molecule has 3 aromatic rings. The van der Waals surface area contributed by atoms with E-state index in [1.54, 1.807) is 0 Å². The highest BCUT2D eigenvalue weighted by molar-refractivity contribution is 5.38. The first-order valence-electron chi connectivity index (χ1n) is 7.76. The molecule has 0 aliphatic carbocycles. The second-order valence-corrected chi connectivity index (χ2v) is 5.70. The third-order valence-electron chi connectivity index (χ3n) is 4.18. The molecule has 0 radical (unpaired) electrons. The van der Waals surface area contributed by atoms with Crippen molar-refractivity contribution in [3.63, 3.8) is 0 Å². The predicted octanol–water partition coefficient (Wildman–Crippen LogP) is 3.53. The minimum absolute atomic E-state index is 0.376. The van der Waals surface area contributed by atoms with Crippen LogP contribution in [0.5, 0.6) is 0 Å². The lowest BCUT2D eigenvalue weighted by atomic mass is 9.79. The summed E-state index contributed by atoms with van der Waals surface area (Å²) in [4.78, 5) is 0. The molecule has 1 unspecified atom stereocenters. The normalized spacial score (nSPS) is 12.8. The molecule has 0 aliphatic heterocycles. The fourth-order valence-corrected chi connectivity index (χ4v) is 2.92. The smallest absolute Gasteiger partial charge is 0.141 e. The monoisotopic (exact) mass is 304 g/mol. The van der Waals surface area contributed by atoms with Gasteiger partial charge in [-0.2, -0.15) is 0 Å². The van der Waals surface area contributed by atoms with Crippen molar-refractivity contribution >= 4 is 0 Å². The maximum absolute atomic E-state index is 11.4. The molecule has 2 heteroatoms. The maximum Gasteiger partial charge on any atom is 0.141 e. The summed E-state index contributed by atoms with van der Waals surface area (Å²) in [7, 11) is 0. The minimum Gasteiger partial charge on any atom is -0.389 e. The molecule has 0 saturated carbocycles. The number of hydrogen-bond donors (Lipinski definition) is 2. The molecule has 0 heterocycles. The third-order valence-corrected chi connectivity index (χ3v) is 4.18. The quantitative estimate of drug-likeness (QED) is 0.757. The van der Waals surface area contributed by atoms with E-state index in [0.717, 1.165) is 5.56 Å². The Balaban J connectivity index is 2.02. The Morgan fingerprint density at radius 1 is 0.652 bits per heavy atom. The SMILES string of the molecule is OC(Cc1ccccc1)C(O)(c1ccccc1)c1ccccc1. The van der Waals surface area contributed by atoms with Gasteiger partial charge in [-0.05, 0) is 16.7 Å². The fourth-order valence-electron chi connectivity index (χ4n) is 2.92. The van der Waals surface area contributed by atoms with Gasteiger partial charge in [0.05, 0.1) is 6.10 Å². The zero-order valence-electron chi connectivity index (χ0n) is 12.8. The topological polar surface area (TPSA) is 40.5 Å². The number of aliphatic hydroxyl groups is 2. The summed E-state index contributed by atoms with van der Waals surface area (Å²) in [6, 6.07) is 28.4. The summed E-state index contributed by atoms with van der Waals surface area (Å²) in [6.45, 7) is 0. The van der Waals surface area contributed by atoms with E-state index in [1.807, 2.05) is 91.0 Å². The highest BCUT2D eigenvalue weighted by atomic mass is 16.3. The van der Waals surface area contributed by atoms with Gasteiger partial charge in [-0.3, -0.25) is 0 Å². The summed E-state index contributed by atoms with van der Waals surface area (Å²) in [5, 5.41) is 22.3. The first-order chi connectivity index (χ1) is 11.2. The van der Waals surface area contributed by atoms with Crippen LogP contribution in [-0.2, 0) is 12.0 Å². The van der Waals surface area contributed by atoms with Gasteiger partial charge in [0, 0.05) is 6.42 Å². The fraction of sp³-hybridized carbons (Fsp3) is 0.143. The molecular formula is C21H20O2. The molecular weight excluding hydrogens is 284 g/mol. The standard InChI is InChI=1S/C21H20O2/c22-20(16-17-10-4-1-5-11-17)21(23,18-12-6-2-7-13-18)19-14-8-3-9-15-19/h1-15,20,22-23H,16H2. The summed E-state index contributed by atoms with van der Waals surface area (Å²) < 4.78 is 0. The summed E-state index contributed by atoms with van der Waals surface area (Å²) in [5.74, 6) is 0. The minimum atomic E-state index is -1.45. The molecule has 23 heavy (non-hydrogen) atoms. The van der Waals surface area contributed by atoms with Crippen molar-refractivity contribution in [3.8, 4) is 0 Å². The van der Waals surface area contributed by atoms with E-state index in [9.17, 15) is 10.2 Å². The molecule has 0 spiro atoms. The molecule has 0 amide bonds. The molecule has 3 aromatic carbocycles. The van der Waals surface area contributed by atoms with Crippen LogP contribution in [0, 0.1) is 0 Å². The van der Waals surface area contributed by atoms with Crippen LogP contribution in [0.25, 0.3) is 0 Å². The van der Waals surface area contributed by atoms with E-state index in [-0.39, 0.29) is 0 Å². The summed E-state index contributed by atoms with van der Waals surface area (Å²) in [5.41, 5.74) is 0.924. The first-order valence-corrected chi connectivity index (χ1v) is 7.76. The second kappa shape index (κ2) is 6.78. The van der Waals surface area contributed by atoms with Crippen molar-refractivity contribution in [1.82, 2.24) is 0 Å². The van der Waals surface area contributed by atoms with Crippen LogP contribution < -0.4 is 0 Å². The van der Waals surface area contributed by atoms with Crippen molar-refractivity contribution in [3.05, 3.63) is 108 Å². The molecule has 1 atom stereocenters. The van der Waals surface area contributed by atoms with Crippen LogP contribution in [-0.4, -0.2) is 16.3 Å². The number of hydrogen-bond acceptors (Lipinski definition) is 2. The van der Waals surface area contributed by atoms with E-state index < -0.39 is 11.7 Å². The lowest BCUT2D eigenvalue weighted by molar-refractivity contribution is -0.0489. The number of rotatable bonds is 5. The Kier molecular flexibility index (Phi) is 4.56. The Morgan fingerprint density at radius 3 is 1.48 bits per heavy atom. The van der Waals surface area contributed by atoms with E-state index in [1.165, 1.54) is 0 Å². The van der Waals surface area contributed by atoms with Crippen LogP contribution in [0.2, 0.25) is 0 Å². The van der Waals surface area contributed by atoms with Crippen molar-refractivity contribution < 1.29 is 10.2 Å². The Morgan fingerprint density at radius 2 is 1.04 bits per heavy atom. The second-order valence-electron chi connectivity index (χ2n) is 5.70. The number of aliphatic hydroxyl groups excluding tert-OH is 1. The highest BCUT2D eigenvalue weighted by Gasteiger charge is 2.39. The van der Waals surface area contributed by atoms with Crippen LogP contribution >= 0.6 is 0 Å². The zero-order chi connectivity index (χ0) is 16.1. The van der Waals surface area contributed by atoms with Crippen molar-refractivity contribution in [2.75, 3.05) is 0 Å². The van der Waals surface area contributed by atoms with Crippen molar-refractivity contribution in [1.29, 1.82) is 0 Å². The highest BCUT2D eigenvalue weighted by Crippen LogP contribution is 2.34. The third kappa shape index (κ3) is 3.19. The molecule has 2 N–H and O–H groups in total. The molecule has 3 rings (SSSR count). The maximum atomic E-state index is 11.4. The van der Waals surface area contributed by atoms with Gasteiger partial charge in [0.25, 0.3) is 0 Å². The Labute approximate surface area is 136 Å². The summed E-state index contributed by atoms with van der Waals surface area (Å²) in [6.07, 6.45) is -0.573. The van der Waals surface area contributed by atoms with Gasteiger partial charge < -0.3 is 10.2 Å². The van der Waals surface area contributed by atoms with Crippen molar-refractivity contribution in [2.45, 2.75) is 18.1 Å². The molecule has 0 aliphatic rings. The van der Waals surface area contributed by atoms with E-state index >= 15 is 0 Å². The van der Waals surface area contributed by atoms with Gasteiger partial charge in [-0.15, -0.1) is 0 Å². The molecule has 116 valence electrons. The van der Waals surface area contributed by atoms with Crippen LogP contribution in [0.3, 0.4) is 0 Å². The summed E-state index contributed by atoms with van der Waals surface area (Å²) >= 11 is 0. The van der Waals surface area contributed by atoms with Gasteiger partial charge in [-0.25, -0.2) is 0 Å². The van der Waals surface area contributed by atoms with Crippen molar-refractivity contribution in [2.24, 2.45) is 0 Å². The lowest BCUT2D eigenvalue weighted by Crippen LogP contribution is -2.42. The van der Waals surface area contributed by atoms with Gasteiger partial charge in [0.1, 0.15) is 5.60 Å². The molecule has 2 nitrogen and oxygen atoms in total. The predicted molar refractivity (Wildman–Crippen MR) is 92.0 cm³/mol. The largest absolute Gasteiger partial charge is 0.389 e. The Bertz CT molecular complexity index is 684. The van der Waals surface area contributed by atoms with Gasteiger partial charge in [0.2, 0.25) is 0 Å².